The minimum absolute atomic E-state index is 0.178. The first-order chi connectivity index (χ1) is 48.6. The van der Waals surface area contributed by atoms with E-state index in [1.54, 1.807) is 0 Å². The number of hydrogen-bond acceptors (Lipinski definition) is 7. The van der Waals surface area contributed by atoms with Gasteiger partial charge in [-0.2, -0.15) is 0 Å². The van der Waals surface area contributed by atoms with Gasteiger partial charge in [-0.3, -0.25) is 9.59 Å². The van der Waals surface area contributed by atoms with Crippen LogP contribution in [-0.2, 0) is 33.3 Å². The van der Waals surface area contributed by atoms with Crippen LogP contribution in [0.1, 0.15) is 348 Å². The zero-order chi connectivity index (χ0) is 71.8. The third kappa shape index (κ3) is 80.4. The first-order valence-electron chi connectivity index (χ1n) is 41.0. The van der Waals surface area contributed by atoms with E-state index in [1.165, 1.54) is 193 Å². The molecule has 2 unspecified atom stereocenters. The minimum Gasteiger partial charge on any atom is -0.477 e. The molecule has 2 atom stereocenters. The zero-order valence-corrected chi connectivity index (χ0v) is 64.9. The fourth-order valence-corrected chi connectivity index (χ4v) is 11.4. The zero-order valence-electron chi connectivity index (χ0n) is 64.9. The van der Waals surface area contributed by atoms with Gasteiger partial charge in [0.15, 0.2) is 6.10 Å². The largest absolute Gasteiger partial charge is 0.477 e. The average molecular weight is 1380 g/mol. The second kappa shape index (κ2) is 78.9. The maximum atomic E-state index is 13.0. The molecule has 99 heavy (non-hydrogen) atoms. The van der Waals surface area contributed by atoms with Gasteiger partial charge in [0.1, 0.15) is 13.2 Å². The summed E-state index contributed by atoms with van der Waals surface area (Å²) in [4.78, 5) is 37.7. The highest BCUT2D eigenvalue weighted by molar-refractivity contribution is 5.71. The van der Waals surface area contributed by atoms with Gasteiger partial charge in [0.2, 0.25) is 0 Å². The standard InChI is InChI=1S/C90H153NO8/c1-6-8-10-12-14-16-18-20-22-24-26-28-30-32-34-36-38-40-41-42-43-44-45-46-47-49-50-52-54-56-58-60-62-64-66-68-70-72-74-76-78-80-87(92)97-84-86(85-98-90(89(94)95)96-83-82-91(3,4)5)99-88(93)81-79-77-75-73-71-69-67-65-63-61-59-57-55-53-51-48-39-37-35-33-31-29-27-25-23-21-19-17-15-13-11-9-7-2/h9,11,15,17-18,20-21,23-24,26-27,29-30,32-33,35,39,48,53,55,59,61,65,67,86,90H,6-8,10,12-14,16,19,22,25,28,31,34,36-38,40-47,49-52,54,56-58,60,62-64,66,68-85H2,1-5H3/p+1/b11-9-,17-15-,20-18-,23-21-,26-24-,29-27-,32-30-,35-33-,48-39-,55-53-,61-59-,67-65-. The normalized spacial score (nSPS) is 13.4. The SMILES string of the molecule is CC/C=C\C/C=C\C/C=C\C/C=C\C/C=C\C/C=C\C/C=C\C/C=C\C/C=C\CCCCCCCC(=O)OC(COC(=O)CCCCCCCCCCCCCCCCCCCCCCCCCCCC/C=C\C/C=C\C/C=C\CCCCCCC)COC(OCC[N+](C)(C)C)C(=O)O. The van der Waals surface area contributed by atoms with Crippen LogP contribution in [0.2, 0.25) is 0 Å². The van der Waals surface area contributed by atoms with Crippen LogP contribution in [0.3, 0.4) is 0 Å². The maximum Gasteiger partial charge on any atom is 0.361 e. The molecule has 0 aromatic rings. The number of carboxylic acid groups (broad SMARTS) is 1. The van der Waals surface area contributed by atoms with E-state index in [4.69, 9.17) is 18.9 Å². The van der Waals surface area contributed by atoms with Crippen molar-refractivity contribution in [2.75, 3.05) is 47.5 Å². The second-order valence-electron chi connectivity index (χ2n) is 28.3. The molecule has 0 aromatic heterocycles. The van der Waals surface area contributed by atoms with Crippen molar-refractivity contribution in [3.05, 3.63) is 146 Å². The number of unbranched alkanes of at least 4 members (excludes halogenated alkanes) is 36. The molecular weight excluding hydrogens is 1220 g/mol. The number of ether oxygens (including phenoxy) is 4. The summed E-state index contributed by atoms with van der Waals surface area (Å²) < 4.78 is 23.0. The molecule has 0 spiro atoms. The third-order valence-electron chi connectivity index (χ3n) is 17.6. The van der Waals surface area contributed by atoms with Gasteiger partial charge in [-0.1, -0.05) is 359 Å². The van der Waals surface area contributed by atoms with E-state index in [9.17, 15) is 19.5 Å². The van der Waals surface area contributed by atoms with Crippen LogP contribution in [0.15, 0.2) is 146 Å². The molecular formula is C90H154NO8+. The second-order valence-corrected chi connectivity index (χ2v) is 28.3. The first-order valence-corrected chi connectivity index (χ1v) is 41.0. The van der Waals surface area contributed by atoms with Crippen LogP contribution in [0.5, 0.6) is 0 Å². The molecule has 9 heteroatoms. The Kier molecular flexibility index (Phi) is 75.0. The molecule has 0 fully saturated rings. The Hall–Kier alpha value is -4.83. The highest BCUT2D eigenvalue weighted by atomic mass is 16.7. The lowest BCUT2D eigenvalue weighted by atomic mass is 10.0. The molecule has 0 bridgehead atoms. The molecule has 0 saturated carbocycles. The summed E-state index contributed by atoms with van der Waals surface area (Å²) in [5.74, 6) is -2.03. The van der Waals surface area contributed by atoms with Crippen molar-refractivity contribution in [3.63, 3.8) is 0 Å². The number of carbonyl (C=O) groups excluding carboxylic acids is 2. The summed E-state index contributed by atoms with van der Waals surface area (Å²) in [6, 6.07) is 0. The van der Waals surface area contributed by atoms with Crippen molar-refractivity contribution in [2.24, 2.45) is 0 Å². The average Bonchev–Trinajstić information content (AvgIpc) is 1.57. The number of hydrogen-bond donors (Lipinski definition) is 1. The Bertz CT molecular complexity index is 2150. The minimum atomic E-state index is -1.53. The summed E-state index contributed by atoms with van der Waals surface area (Å²) >= 11 is 0. The lowest BCUT2D eigenvalue weighted by Gasteiger charge is -2.25. The fourth-order valence-electron chi connectivity index (χ4n) is 11.4. The Morgan fingerprint density at radius 3 is 0.859 bits per heavy atom. The van der Waals surface area contributed by atoms with Gasteiger partial charge in [-0.15, -0.1) is 0 Å². The number of nitrogens with zero attached hydrogens (tertiary/aromatic N) is 1. The van der Waals surface area contributed by atoms with E-state index in [1.807, 2.05) is 21.1 Å². The molecule has 0 aliphatic carbocycles. The molecule has 0 aliphatic heterocycles. The molecule has 1 N–H and O–H groups in total. The van der Waals surface area contributed by atoms with E-state index >= 15 is 0 Å². The molecule has 566 valence electrons. The summed E-state index contributed by atoms with van der Waals surface area (Å²) in [7, 11) is 5.97. The summed E-state index contributed by atoms with van der Waals surface area (Å²) in [6.45, 7) is 4.75. The molecule has 9 nitrogen and oxygen atoms in total. The van der Waals surface area contributed by atoms with Crippen molar-refractivity contribution in [2.45, 2.75) is 360 Å². The number of rotatable bonds is 75. The monoisotopic (exact) mass is 1380 g/mol. The van der Waals surface area contributed by atoms with E-state index in [0.29, 0.717) is 23.9 Å². The van der Waals surface area contributed by atoms with Crippen molar-refractivity contribution in [3.8, 4) is 0 Å². The van der Waals surface area contributed by atoms with Crippen molar-refractivity contribution >= 4 is 17.9 Å². The number of aliphatic carboxylic acids is 1. The van der Waals surface area contributed by atoms with E-state index in [2.05, 4.69) is 160 Å². The van der Waals surface area contributed by atoms with Gasteiger partial charge in [-0.25, -0.2) is 4.79 Å². The molecule has 0 rings (SSSR count). The van der Waals surface area contributed by atoms with Gasteiger partial charge < -0.3 is 28.5 Å². The predicted molar refractivity (Wildman–Crippen MR) is 428 cm³/mol. The number of quaternary nitrogens is 1. The first kappa shape index (κ1) is 94.2. The van der Waals surface area contributed by atoms with E-state index < -0.39 is 24.3 Å². The highest BCUT2D eigenvalue weighted by Crippen LogP contribution is 2.18. The Labute approximate surface area is 611 Å². The van der Waals surface area contributed by atoms with Crippen LogP contribution >= 0.6 is 0 Å². The van der Waals surface area contributed by atoms with Gasteiger partial charge in [0.05, 0.1) is 34.4 Å². The predicted octanol–water partition coefficient (Wildman–Crippen LogP) is 26.6. The van der Waals surface area contributed by atoms with Gasteiger partial charge in [0, 0.05) is 12.8 Å². The topological polar surface area (TPSA) is 108 Å². The van der Waals surface area contributed by atoms with Gasteiger partial charge in [0.25, 0.3) is 6.29 Å². The molecule has 0 heterocycles. The molecule has 0 saturated heterocycles. The summed E-state index contributed by atoms with van der Waals surface area (Å²) in [5, 5.41) is 9.77. The quantitative estimate of drug-likeness (QED) is 0.0211. The third-order valence-corrected chi connectivity index (χ3v) is 17.6. The smallest absolute Gasteiger partial charge is 0.361 e. The Balaban J connectivity index is 4.05. The van der Waals surface area contributed by atoms with Crippen LogP contribution < -0.4 is 0 Å². The number of carbonyl (C=O) groups is 3. The van der Waals surface area contributed by atoms with Crippen LogP contribution in [0.25, 0.3) is 0 Å². The van der Waals surface area contributed by atoms with Crippen LogP contribution in [-0.4, -0.2) is 87.4 Å². The Morgan fingerprint density at radius 1 is 0.313 bits per heavy atom. The summed E-state index contributed by atoms with van der Waals surface area (Å²) in [6.07, 6.45) is 113. The highest BCUT2D eigenvalue weighted by Gasteiger charge is 2.25. The number of carboxylic acids is 1. The number of likely N-dealkylation sites (N-methyl/N-ethyl adjacent to an activating group) is 1. The lowest BCUT2D eigenvalue weighted by Crippen LogP contribution is -2.40. The van der Waals surface area contributed by atoms with Crippen molar-refractivity contribution in [1.82, 2.24) is 0 Å². The fraction of sp³-hybridized carbons (Fsp3) is 0.700. The number of esters is 2. The van der Waals surface area contributed by atoms with Gasteiger partial charge >= 0.3 is 17.9 Å². The lowest BCUT2D eigenvalue weighted by molar-refractivity contribution is -0.870. The summed E-state index contributed by atoms with van der Waals surface area (Å²) in [5.41, 5.74) is 0. The van der Waals surface area contributed by atoms with Crippen LogP contribution in [0.4, 0.5) is 0 Å². The van der Waals surface area contributed by atoms with Gasteiger partial charge in [-0.05, 0) is 122 Å². The Morgan fingerprint density at radius 2 is 0.576 bits per heavy atom. The molecule has 0 aliphatic rings. The van der Waals surface area contributed by atoms with E-state index in [0.717, 1.165) is 122 Å². The van der Waals surface area contributed by atoms with Crippen molar-refractivity contribution in [1.29, 1.82) is 0 Å². The molecule has 0 radical (unpaired) electrons. The molecule has 0 aromatic carbocycles. The maximum absolute atomic E-state index is 13.0. The van der Waals surface area contributed by atoms with Crippen molar-refractivity contribution < 1.29 is 42.9 Å². The number of allylic oxidation sites excluding steroid dienone is 24. The van der Waals surface area contributed by atoms with Crippen LogP contribution in [0, 0.1) is 0 Å². The molecule has 0 amide bonds. The van der Waals surface area contributed by atoms with E-state index in [-0.39, 0.29) is 32.2 Å².